The van der Waals surface area contributed by atoms with Crippen LogP contribution in [0.1, 0.15) is 16.8 Å². The summed E-state index contributed by atoms with van der Waals surface area (Å²) in [6, 6.07) is 4.81. The number of amides is 1. The number of hydrogen-bond donors (Lipinski definition) is 2. The molecule has 1 aromatic carbocycles. The van der Waals surface area contributed by atoms with E-state index in [2.05, 4.69) is 0 Å². The highest BCUT2D eigenvalue weighted by Gasteiger charge is 2.21. The zero-order chi connectivity index (χ0) is 10.8. The van der Waals surface area contributed by atoms with Gasteiger partial charge in [-0.3, -0.25) is 9.63 Å². The number of nitrogens with two attached hydrogens (primary N) is 2. The molecule has 80 valence electrons. The summed E-state index contributed by atoms with van der Waals surface area (Å²) < 4.78 is 0. The molecule has 1 amide bonds. The number of hydrogen-bond acceptors (Lipinski definition) is 4. The smallest absolute Gasteiger partial charge is 0.277 e. The fourth-order valence-electron chi connectivity index (χ4n) is 1.55. The van der Waals surface area contributed by atoms with Crippen LogP contribution in [0, 0.1) is 0 Å². The van der Waals surface area contributed by atoms with Crippen LogP contribution >= 0.6 is 0 Å². The highest BCUT2D eigenvalue weighted by molar-refractivity contribution is 5.95. The van der Waals surface area contributed by atoms with Crippen LogP contribution in [0.3, 0.4) is 0 Å². The van der Waals surface area contributed by atoms with Gasteiger partial charge in [-0.2, -0.15) is 0 Å². The molecule has 1 saturated heterocycles. The Bertz CT molecular complexity index is 366. The summed E-state index contributed by atoms with van der Waals surface area (Å²) in [5.74, 6) is -0.188. The molecular formula is C10H13N3O2. The third-order valence-electron chi connectivity index (χ3n) is 2.20. The van der Waals surface area contributed by atoms with Gasteiger partial charge < -0.3 is 11.5 Å². The minimum atomic E-state index is -0.188. The van der Waals surface area contributed by atoms with Crippen molar-refractivity contribution >= 4 is 17.3 Å². The lowest BCUT2D eigenvalue weighted by atomic mass is 10.1. The van der Waals surface area contributed by atoms with Gasteiger partial charge >= 0.3 is 0 Å². The van der Waals surface area contributed by atoms with E-state index in [1.54, 1.807) is 18.2 Å². The summed E-state index contributed by atoms with van der Waals surface area (Å²) in [4.78, 5) is 17.0. The lowest BCUT2D eigenvalue weighted by Gasteiger charge is -2.14. The van der Waals surface area contributed by atoms with Gasteiger partial charge in [-0.1, -0.05) is 0 Å². The van der Waals surface area contributed by atoms with Gasteiger partial charge in [0.15, 0.2) is 0 Å². The van der Waals surface area contributed by atoms with E-state index in [0.717, 1.165) is 6.42 Å². The second-order valence-corrected chi connectivity index (χ2v) is 3.48. The topological polar surface area (TPSA) is 81.6 Å². The molecule has 0 saturated carbocycles. The molecule has 0 aromatic heterocycles. The summed E-state index contributed by atoms with van der Waals surface area (Å²) >= 11 is 0. The fraction of sp³-hybridized carbons (Fsp3) is 0.300. The molecular weight excluding hydrogens is 194 g/mol. The average molecular weight is 207 g/mol. The maximum absolute atomic E-state index is 11.8. The molecule has 1 heterocycles. The molecule has 5 nitrogen and oxygen atoms in total. The van der Waals surface area contributed by atoms with Crippen molar-refractivity contribution in [3.63, 3.8) is 0 Å². The first-order chi connectivity index (χ1) is 7.16. The monoisotopic (exact) mass is 207 g/mol. The van der Waals surface area contributed by atoms with Gasteiger partial charge in [-0.05, 0) is 24.6 Å². The van der Waals surface area contributed by atoms with Crippen molar-refractivity contribution in [2.24, 2.45) is 0 Å². The SMILES string of the molecule is Nc1cc(N)cc(C(=O)N2CCCO2)c1. The van der Waals surface area contributed by atoms with E-state index in [9.17, 15) is 4.79 Å². The van der Waals surface area contributed by atoms with Crippen molar-refractivity contribution < 1.29 is 9.63 Å². The summed E-state index contributed by atoms with van der Waals surface area (Å²) in [5, 5.41) is 1.34. The number of rotatable bonds is 1. The summed E-state index contributed by atoms with van der Waals surface area (Å²) in [7, 11) is 0. The number of carbonyl (C=O) groups is 1. The number of nitrogens with zero attached hydrogens (tertiary/aromatic N) is 1. The maximum Gasteiger partial charge on any atom is 0.277 e. The van der Waals surface area contributed by atoms with Crippen LogP contribution in [0.5, 0.6) is 0 Å². The Morgan fingerprint density at radius 3 is 2.47 bits per heavy atom. The predicted molar refractivity (Wildman–Crippen MR) is 56.9 cm³/mol. The summed E-state index contributed by atoms with van der Waals surface area (Å²) in [6.45, 7) is 1.21. The van der Waals surface area contributed by atoms with Gasteiger partial charge in [0.2, 0.25) is 0 Å². The summed E-state index contributed by atoms with van der Waals surface area (Å²) in [6.07, 6.45) is 0.865. The molecule has 15 heavy (non-hydrogen) atoms. The van der Waals surface area contributed by atoms with E-state index in [0.29, 0.717) is 30.1 Å². The van der Waals surface area contributed by atoms with Crippen LogP contribution in [0.2, 0.25) is 0 Å². The summed E-state index contributed by atoms with van der Waals surface area (Å²) in [5.41, 5.74) is 12.6. The zero-order valence-corrected chi connectivity index (χ0v) is 8.27. The molecule has 0 bridgehead atoms. The molecule has 1 aliphatic rings. The van der Waals surface area contributed by atoms with Gasteiger partial charge in [0.05, 0.1) is 13.2 Å². The number of hydroxylamine groups is 2. The largest absolute Gasteiger partial charge is 0.399 e. The van der Waals surface area contributed by atoms with Crippen molar-refractivity contribution in [2.75, 3.05) is 24.6 Å². The van der Waals surface area contributed by atoms with Crippen LogP contribution in [0.15, 0.2) is 18.2 Å². The van der Waals surface area contributed by atoms with Gasteiger partial charge in [-0.15, -0.1) is 0 Å². The first-order valence-electron chi connectivity index (χ1n) is 4.77. The van der Waals surface area contributed by atoms with E-state index in [4.69, 9.17) is 16.3 Å². The van der Waals surface area contributed by atoms with E-state index in [1.807, 2.05) is 0 Å². The third kappa shape index (κ3) is 2.02. The van der Waals surface area contributed by atoms with Crippen molar-refractivity contribution in [1.82, 2.24) is 5.06 Å². The van der Waals surface area contributed by atoms with E-state index in [1.165, 1.54) is 5.06 Å². The molecule has 1 aliphatic heterocycles. The van der Waals surface area contributed by atoms with E-state index in [-0.39, 0.29) is 5.91 Å². The molecule has 1 aromatic rings. The number of nitrogen functional groups attached to an aromatic ring is 2. The zero-order valence-electron chi connectivity index (χ0n) is 8.27. The molecule has 0 unspecified atom stereocenters. The van der Waals surface area contributed by atoms with Gasteiger partial charge in [0, 0.05) is 16.9 Å². The maximum atomic E-state index is 11.8. The van der Waals surface area contributed by atoms with E-state index >= 15 is 0 Å². The van der Waals surface area contributed by atoms with Crippen LogP contribution in [0.25, 0.3) is 0 Å². The molecule has 0 aliphatic carbocycles. The molecule has 1 fully saturated rings. The molecule has 0 atom stereocenters. The standard InChI is InChI=1S/C10H13N3O2/c11-8-4-7(5-9(12)6-8)10(14)13-2-1-3-15-13/h4-6H,1-3,11-12H2. The van der Waals surface area contributed by atoms with Crippen LogP contribution in [-0.2, 0) is 4.84 Å². The average Bonchev–Trinajstić information content (AvgIpc) is 2.67. The first kappa shape index (κ1) is 9.79. The Balaban J connectivity index is 2.24. The number of carbonyl (C=O) groups excluding carboxylic acids is 1. The highest BCUT2D eigenvalue weighted by atomic mass is 16.7. The lowest BCUT2D eigenvalue weighted by molar-refractivity contribution is -0.0768. The molecule has 0 spiro atoms. The Kier molecular flexibility index (Phi) is 2.47. The first-order valence-corrected chi connectivity index (χ1v) is 4.77. The third-order valence-corrected chi connectivity index (χ3v) is 2.20. The quantitative estimate of drug-likeness (QED) is 0.662. The molecule has 4 N–H and O–H groups in total. The second-order valence-electron chi connectivity index (χ2n) is 3.48. The highest BCUT2D eigenvalue weighted by Crippen LogP contribution is 2.17. The van der Waals surface area contributed by atoms with Crippen molar-refractivity contribution in [3.8, 4) is 0 Å². The normalized spacial score (nSPS) is 15.6. The molecule has 0 radical (unpaired) electrons. The Labute approximate surface area is 87.6 Å². The Hall–Kier alpha value is -1.75. The van der Waals surface area contributed by atoms with Gasteiger partial charge in [0.25, 0.3) is 5.91 Å². The number of benzene rings is 1. The van der Waals surface area contributed by atoms with Crippen molar-refractivity contribution in [2.45, 2.75) is 6.42 Å². The molecule has 5 heteroatoms. The van der Waals surface area contributed by atoms with Crippen molar-refractivity contribution in [1.29, 1.82) is 0 Å². The van der Waals surface area contributed by atoms with Crippen LogP contribution in [0.4, 0.5) is 11.4 Å². The Morgan fingerprint density at radius 2 is 1.93 bits per heavy atom. The van der Waals surface area contributed by atoms with Crippen molar-refractivity contribution in [3.05, 3.63) is 23.8 Å². The van der Waals surface area contributed by atoms with Crippen LogP contribution < -0.4 is 11.5 Å². The molecule has 2 rings (SSSR count). The lowest BCUT2D eigenvalue weighted by Crippen LogP contribution is -2.26. The van der Waals surface area contributed by atoms with E-state index < -0.39 is 0 Å². The second kappa shape index (κ2) is 3.78. The minimum Gasteiger partial charge on any atom is -0.399 e. The Morgan fingerprint density at radius 1 is 1.27 bits per heavy atom. The van der Waals surface area contributed by atoms with Gasteiger partial charge in [-0.25, -0.2) is 5.06 Å². The van der Waals surface area contributed by atoms with Gasteiger partial charge in [0.1, 0.15) is 0 Å². The number of anilines is 2. The predicted octanol–water partition coefficient (Wildman–Crippen LogP) is 0.628. The minimum absolute atomic E-state index is 0.188. The van der Waals surface area contributed by atoms with Crippen LogP contribution in [-0.4, -0.2) is 24.1 Å². The fourth-order valence-corrected chi connectivity index (χ4v) is 1.55.